The summed E-state index contributed by atoms with van der Waals surface area (Å²) in [5, 5.41) is 4.50. The van der Waals surface area contributed by atoms with Gasteiger partial charge in [-0.15, -0.1) is 11.3 Å². The van der Waals surface area contributed by atoms with Gasteiger partial charge in [0.15, 0.2) is 0 Å². The molecule has 1 atom stereocenters. The Morgan fingerprint density at radius 3 is 2.84 bits per heavy atom. The van der Waals surface area contributed by atoms with Crippen LogP contribution in [-0.2, 0) is 0 Å². The lowest BCUT2D eigenvalue weighted by molar-refractivity contribution is 0.664. The van der Waals surface area contributed by atoms with Crippen LogP contribution in [-0.4, -0.2) is 12.0 Å². The van der Waals surface area contributed by atoms with Crippen molar-refractivity contribution in [3.05, 3.63) is 53.5 Å². The third kappa shape index (κ3) is 2.27. The number of aromatic nitrogens is 1. The Morgan fingerprint density at radius 1 is 1.11 bits per heavy atom. The molecule has 2 aromatic heterocycles. The SMILES string of the molecule is CNC(C)c1ccc(-c2cccc3ncccc23)s1. The van der Waals surface area contributed by atoms with E-state index in [4.69, 9.17) is 0 Å². The summed E-state index contributed by atoms with van der Waals surface area (Å²) >= 11 is 1.84. The van der Waals surface area contributed by atoms with Crippen molar-refractivity contribution < 1.29 is 0 Å². The van der Waals surface area contributed by atoms with Gasteiger partial charge in [-0.1, -0.05) is 18.2 Å². The number of hydrogen-bond donors (Lipinski definition) is 1. The molecule has 3 rings (SSSR count). The Labute approximate surface area is 117 Å². The summed E-state index contributed by atoms with van der Waals surface area (Å²) in [5.41, 5.74) is 2.32. The number of rotatable bonds is 3. The van der Waals surface area contributed by atoms with Crippen molar-refractivity contribution in [2.24, 2.45) is 0 Å². The van der Waals surface area contributed by atoms with Crippen molar-refractivity contribution in [2.45, 2.75) is 13.0 Å². The van der Waals surface area contributed by atoms with Crippen molar-refractivity contribution >= 4 is 22.2 Å². The summed E-state index contributed by atoms with van der Waals surface area (Å²) in [4.78, 5) is 7.08. The Bertz CT molecular complexity index is 697. The zero-order valence-corrected chi connectivity index (χ0v) is 11.9. The summed E-state index contributed by atoms with van der Waals surface area (Å²) in [7, 11) is 1.99. The minimum Gasteiger partial charge on any atom is -0.313 e. The van der Waals surface area contributed by atoms with E-state index >= 15 is 0 Å². The molecule has 0 amide bonds. The lowest BCUT2D eigenvalue weighted by atomic mass is 10.1. The predicted molar refractivity (Wildman–Crippen MR) is 82.5 cm³/mol. The maximum Gasteiger partial charge on any atom is 0.0708 e. The molecule has 0 spiro atoms. The summed E-state index contributed by atoms with van der Waals surface area (Å²) < 4.78 is 0. The molecule has 1 unspecified atom stereocenters. The van der Waals surface area contributed by atoms with Crippen LogP contribution in [0.1, 0.15) is 17.8 Å². The Kier molecular flexibility index (Phi) is 3.32. The van der Waals surface area contributed by atoms with Crippen molar-refractivity contribution in [1.82, 2.24) is 10.3 Å². The van der Waals surface area contributed by atoms with Crippen LogP contribution in [0.3, 0.4) is 0 Å². The van der Waals surface area contributed by atoms with Crippen LogP contribution in [0.25, 0.3) is 21.3 Å². The van der Waals surface area contributed by atoms with E-state index in [1.807, 2.05) is 30.6 Å². The van der Waals surface area contributed by atoms with E-state index in [-0.39, 0.29) is 0 Å². The first kappa shape index (κ1) is 12.3. The molecule has 0 saturated heterocycles. The van der Waals surface area contributed by atoms with Crippen LogP contribution >= 0.6 is 11.3 Å². The van der Waals surface area contributed by atoms with E-state index in [0.717, 1.165) is 5.52 Å². The zero-order chi connectivity index (χ0) is 13.2. The Morgan fingerprint density at radius 2 is 2.00 bits per heavy atom. The lowest BCUT2D eigenvalue weighted by Gasteiger charge is -2.06. The van der Waals surface area contributed by atoms with E-state index < -0.39 is 0 Å². The van der Waals surface area contributed by atoms with E-state index in [1.165, 1.54) is 20.7 Å². The topological polar surface area (TPSA) is 24.9 Å². The fourth-order valence-corrected chi connectivity index (χ4v) is 3.30. The van der Waals surface area contributed by atoms with Crippen LogP contribution in [0, 0.1) is 0 Å². The van der Waals surface area contributed by atoms with Gasteiger partial charge < -0.3 is 5.32 Å². The second kappa shape index (κ2) is 5.11. The summed E-state index contributed by atoms with van der Waals surface area (Å²) in [6.07, 6.45) is 1.84. The highest BCUT2D eigenvalue weighted by molar-refractivity contribution is 7.15. The molecule has 96 valence electrons. The second-order valence-corrected chi connectivity index (χ2v) is 5.70. The summed E-state index contributed by atoms with van der Waals surface area (Å²) in [5.74, 6) is 0. The third-order valence-electron chi connectivity index (χ3n) is 3.40. The summed E-state index contributed by atoms with van der Waals surface area (Å²) in [6, 6.07) is 15.2. The zero-order valence-electron chi connectivity index (χ0n) is 11.1. The summed E-state index contributed by atoms with van der Waals surface area (Å²) in [6.45, 7) is 2.18. The van der Waals surface area contributed by atoms with Crippen molar-refractivity contribution in [2.75, 3.05) is 7.05 Å². The molecule has 2 heterocycles. The number of hydrogen-bond acceptors (Lipinski definition) is 3. The number of fused-ring (bicyclic) bond motifs is 1. The fraction of sp³-hybridized carbons (Fsp3) is 0.188. The number of thiophene rings is 1. The molecule has 0 radical (unpaired) electrons. The van der Waals surface area contributed by atoms with E-state index in [9.17, 15) is 0 Å². The van der Waals surface area contributed by atoms with E-state index in [1.54, 1.807) is 0 Å². The molecule has 0 bridgehead atoms. The average molecular weight is 268 g/mol. The Hall–Kier alpha value is -1.71. The van der Waals surface area contributed by atoms with Crippen molar-refractivity contribution in [3.63, 3.8) is 0 Å². The smallest absolute Gasteiger partial charge is 0.0708 e. The van der Waals surface area contributed by atoms with Gasteiger partial charge in [-0.05, 0) is 38.2 Å². The molecular weight excluding hydrogens is 252 g/mol. The van der Waals surface area contributed by atoms with Gasteiger partial charge in [-0.2, -0.15) is 0 Å². The first-order chi connectivity index (χ1) is 9.29. The van der Waals surface area contributed by atoms with Crippen LogP contribution in [0.5, 0.6) is 0 Å². The number of nitrogens with zero attached hydrogens (tertiary/aromatic N) is 1. The van der Waals surface area contributed by atoms with E-state index in [0.29, 0.717) is 6.04 Å². The van der Waals surface area contributed by atoms with Crippen LogP contribution in [0.15, 0.2) is 48.7 Å². The fourth-order valence-electron chi connectivity index (χ4n) is 2.19. The second-order valence-electron chi connectivity index (χ2n) is 4.59. The molecule has 1 aromatic carbocycles. The van der Waals surface area contributed by atoms with Crippen molar-refractivity contribution in [3.8, 4) is 10.4 Å². The van der Waals surface area contributed by atoms with Crippen molar-refractivity contribution in [1.29, 1.82) is 0 Å². The molecule has 0 aliphatic rings. The molecule has 0 aliphatic heterocycles. The van der Waals surface area contributed by atoms with Crippen LogP contribution in [0.4, 0.5) is 0 Å². The maximum atomic E-state index is 4.42. The molecule has 19 heavy (non-hydrogen) atoms. The van der Waals surface area contributed by atoms with Gasteiger partial charge in [0.2, 0.25) is 0 Å². The van der Waals surface area contributed by atoms with Gasteiger partial charge in [0, 0.05) is 32.9 Å². The maximum absolute atomic E-state index is 4.42. The molecule has 3 aromatic rings. The van der Waals surface area contributed by atoms with Gasteiger partial charge in [0.05, 0.1) is 5.52 Å². The first-order valence-electron chi connectivity index (χ1n) is 6.40. The molecule has 3 heteroatoms. The molecule has 0 aliphatic carbocycles. The highest BCUT2D eigenvalue weighted by Gasteiger charge is 2.10. The minimum absolute atomic E-state index is 0.395. The van der Waals surface area contributed by atoms with Gasteiger partial charge in [-0.25, -0.2) is 0 Å². The molecule has 0 saturated carbocycles. The van der Waals surface area contributed by atoms with Gasteiger partial charge in [0.25, 0.3) is 0 Å². The number of benzene rings is 1. The average Bonchev–Trinajstić information content (AvgIpc) is 2.95. The highest BCUT2D eigenvalue weighted by Crippen LogP contribution is 2.34. The predicted octanol–water partition coefficient (Wildman–Crippen LogP) is 4.24. The van der Waals surface area contributed by atoms with Crippen LogP contribution in [0.2, 0.25) is 0 Å². The number of nitrogens with one attached hydrogen (secondary N) is 1. The molecule has 0 fully saturated rings. The first-order valence-corrected chi connectivity index (χ1v) is 7.22. The minimum atomic E-state index is 0.395. The molecular formula is C16H16N2S. The molecule has 1 N–H and O–H groups in total. The van der Waals surface area contributed by atoms with E-state index in [2.05, 4.69) is 53.6 Å². The Balaban J connectivity index is 2.12. The van der Waals surface area contributed by atoms with Gasteiger partial charge >= 0.3 is 0 Å². The number of pyridine rings is 1. The standard InChI is InChI=1S/C16H16N2S/c1-11(17-2)15-8-9-16(19-15)13-5-3-7-14-12(13)6-4-10-18-14/h3-11,17H,1-2H3. The lowest BCUT2D eigenvalue weighted by Crippen LogP contribution is -2.10. The van der Waals surface area contributed by atoms with Gasteiger partial charge in [-0.3, -0.25) is 4.98 Å². The largest absolute Gasteiger partial charge is 0.313 e. The highest BCUT2D eigenvalue weighted by atomic mass is 32.1. The monoisotopic (exact) mass is 268 g/mol. The van der Waals surface area contributed by atoms with Gasteiger partial charge in [0.1, 0.15) is 0 Å². The quantitative estimate of drug-likeness (QED) is 0.768. The van der Waals surface area contributed by atoms with Crippen LogP contribution < -0.4 is 5.32 Å². The normalized spacial score (nSPS) is 12.7. The molecule has 2 nitrogen and oxygen atoms in total. The third-order valence-corrected chi connectivity index (χ3v) is 4.70.